The van der Waals surface area contributed by atoms with Gasteiger partial charge in [0.25, 0.3) is 0 Å². The molecule has 2 heterocycles. The van der Waals surface area contributed by atoms with Gasteiger partial charge in [0.05, 0.1) is 17.4 Å². The van der Waals surface area contributed by atoms with E-state index in [9.17, 15) is 0 Å². The molecule has 106 valence electrons. The number of rotatable bonds is 4. The summed E-state index contributed by atoms with van der Waals surface area (Å²) < 4.78 is 0. The van der Waals surface area contributed by atoms with Crippen molar-refractivity contribution in [2.24, 2.45) is 0 Å². The van der Waals surface area contributed by atoms with Crippen LogP contribution in [0.15, 0.2) is 30.5 Å². The number of anilines is 1. The SMILES string of the molecule is c1ccc2c(NCCN3CCCCCC3)cnnc2c1. The summed E-state index contributed by atoms with van der Waals surface area (Å²) in [7, 11) is 0. The summed E-state index contributed by atoms with van der Waals surface area (Å²) in [5.41, 5.74) is 2.04. The highest BCUT2D eigenvalue weighted by molar-refractivity contribution is 5.90. The maximum atomic E-state index is 4.15. The zero-order chi connectivity index (χ0) is 13.6. The highest BCUT2D eigenvalue weighted by Crippen LogP contribution is 2.19. The maximum Gasteiger partial charge on any atom is 0.0950 e. The Bertz CT molecular complexity index is 542. The van der Waals surface area contributed by atoms with Crippen molar-refractivity contribution in [3.63, 3.8) is 0 Å². The molecule has 0 bridgehead atoms. The Labute approximate surface area is 120 Å². The van der Waals surface area contributed by atoms with Crippen LogP contribution in [-0.4, -0.2) is 41.3 Å². The van der Waals surface area contributed by atoms with Crippen molar-refractivity contribution in [3.8, 4) is 0 Å². The van der Waals surface area contributed by atoms with Crippen LogP contribution in [0, 0.1) is 0 Å². The van der Waals surface area contributed by atoms with Crippen LogP contribution in [0.4, 0.5) is 5.69 Å². The van der Waals surface area contributed by atoms with E-state index >= 15 is 0 Å². The van der Waals surface area contributed by atoms with E-state index in [4.69, 9.17) is 0 Å². The van der Waals surface area contributed by atoms with Crippen molar-refractivity contribution < 1.29 is 0 Å². The predicted octanol–water partition coefficient (Wildman–Crippen LogP) is 2.92. The smallest absolute Gasteiger partial charge is 0.0950 e. The number of benzene rings is 1. The molecule has 4 heteroatoms. The Hall–Kier alpha value is -1.68. The highest BCUT2D eigenvalue weighted by Gasteiger charge is 2.08. The van der Waals surface area contributed by atoms with E-state index in [0.717, 1.165) is 29.7 Å². The van der Waals surface area contributed by atoms with Gasteiger partial charge in [-0.1, -0.05) is 31.0 Å². The van der Waals surface area contributed by atoms with Gasteiger partial charge in [-0.2, -0.15) is 10.2 Å². The molecule has 20 heavy (non-hydrogen) atoms. The third kappa shape index (κ3) is 3.25. The van der Waals surface area contributed by atoms with Gasteiger partial charge in [-0.15, -0.1) is 0 Å². The lowest BCUT2D eigenvalue weighted by Gasteiger charge is -2.20. The minimum atomic E-state index is 0.951. The topological polar surface area (TPSA) is 41.0 Å². The zero-order valence-electron chi connectivity index (χ0n) is 11.9. The first-order valence-corrected chi connectivity index (χ1v) is 7.60. The normalized spacial score (nSPS) is 17.0. The second kappa shape index (κ2) is 6.66. The van der Waals surface area contributed by atoms with Crippen LogP contribution in [0.5, 0.6) is 0 Å². The lowest BCUT2D eigenvalue weighted by molar-refractivity contribution is 0.296. The van der Waals surface area contributed by atoms with Gasteiger partial charge in [0.15, 0.2) is 0 Å². The van der Waals surface area contributed by atoms with Gasteiger partial charge in [-0.3, -0.25) is 0 Å². The fourth-order valence-electron chi connectivity index (χ4n) is 2.86. The molecule has 0 aliphatic carbocycles. The number of hydrogen-bond donors (Lipinski definition) is 1. The minimum Gasteiger partial charge on any atom is -0.382 e. The summed E-state index contributed by atoms with van der Waals surface area (Å²) in [4.78, 5) is 2.57. The molecule has 1 fully saturated rings. The summed E-state index contributed by atoms with van der Waals surface area (Å²) >= 11 is 0. The molecule has 1 N–H and O–H groups in total. The Kier molecular flexibility index (Phi) is 4.43. The minimum absolute atomic E-state index is 0.951. The van der Waals surface area contributed by atoms with Gasteiger partial charge in [-0.05, 0) is 32.0 Å². The van der Waals surface area contributed by atoms with Crippen molar-refractivity contribution >= 4 is 16.6 Å². The Morgan fingerprint density at radius 2 is 1.85 bits per heavy atom. The molecule has 0 saturated carbocycles. The molecule has 0 unspecified atom stereocenters. The third-order valence-corrected chi connectivity index (χ3v) is 3.99. The maximum absolute atomic E-state index is 4.15. The monoisotopic (exact) mass is 270 g/mol. The van der Waals surface area contributed by atoms with Crippen LogP contribution >= 0.6 is 0 Å². The fourth-order valence-corrected chi connectivity index (χ4v) is 2.86. The van der Waals surface area contributed by atoms with Crippen molar-refractivity contribution in [2.75, 3.05) is 31.5 Å². The van der Waals surface area contributed by atoms with Gasteiger partial charge in [0, 0.05) is 18.5 Å². The van der Waals surface area contributed by atoms with E-state index in [1.165, 1.54) is 38.8 Å². The number of nitrogens with zero attached hydrogens (tertiary/aromatic N) is 3. The zero-order valence-corrected chi connectivity index (χ0v) is 11.9. The van der Waals surface area contributed by atoms with Crippen LogP contribution in [0.1, 0.15) is 25.7 Å². The number of likely N-dealkylation sites (tertiary alicyclic amines) is 1. The van der Waals surface area contributed by atoms with E-state index in [2.05, 4.69) is 26.5 Å². The number of fused-ring (bicyclic) bond motifs is 1. The molecule has 0 spiro atoms. The average molecular weight is 270 g/mol. The third-order valence-electron chi connectivity index (χ3n) is 3.99. The first-order chi connectivity index (χ1) is 9.93. The fraction of sp³-hybridized carbons (Fsp3) is 0.500. The van der Waals surface area contributed by atoms with Gasteiger partial charge >= 0.3 is 0 Å². The van der Waals surface area contributed by atoms with Crippen LogP contribution < -0.4 is 5.32 Å². The van der Waals surface area contributed by atoms with Crippen LogP contribution in [0.2, 0.25) is 0 Å². The summed E-state index contributed by atoms with van der Waals surface area (Å²) in [5, 5.41) is 12.9. The summed E-state index contributed by atoms with van der Waals surface area (Å²) in [6.07, 6.45) is 7.30. The molecule has 3 rings (SSSR count). The molecular weight excluding hydrogens is 248 g/mol. The second-order valence-electron chi connectivity index (χ2n) is 5.46. The predicted molar refractivity (Wildman–Crippen MR) is 82.9 cm³/mol. The van der Waals surface area contributed by atoms with Gasteiger partial charge < -0.3 is 10.2 Å². The number of hydrogen-bond acceptors (Lipinski definition) is 4. The number of nitrogens with one attached hydrogen (secondary N) is 1. The highest BCUT2D eigenvalue weighted by atomic mass is 15.1. The largest absolute Gasteiger partial charge is 0.382 e. The number of aromatic nitrogens is 2. The lowest BCUT2D eigenvalue weighted by atomic mass is 10.2. The first-order valence-electron chi connectivity index (χ1n) is 7.60. The molecule has 0 radical (unpaired) electrons. The average Bonchev–Trinajstić information content (AvgIpc) is 2.76. The Balaban J connectivity index is 1.59. The molecule has 1 aromatic heterocycles. The first kappa shape index (κ1) is 13.3. The van der Waals surface area contributed by atoms with Gasteiger partial charge in [-0.25, -0.2) is 0 Å². The molecule has 1 aliphatic heterocycles. The van der Waals surface area contributed by atoms with E-state index in [1.807, 2.05) is 24.4 Å². The van der Waals surface area contributed by atoms with Gasteiger partial charge in [0.2, 0.25) is 0 Å². The summed E-state index contributed by atoms with van der Waals surface area (Å²) in [6, 6.07) is 8.14. The van der Waals surface area contributed by atoms with Crippen LogP contribution in [0.25, 0.3) is 10.9 Å². The molecule has 1 saturated heterocycles. The van der Waals surface area contributed by atoms with Crippen molar-refractivity contribution in [2.45, 2.75) is 25.7 Å². The molecule has 0 atom stereocenters. The molecule has 4 nitrogen and oxygen atoms in total. The molecule has 0 amide bonds. The lowest BCUT2D eigenvalue weighted by Crippen LogP contribution is -2.30. The van der Waals surface area contributed by atoms with E-state index < -0.39 is 0 Å². The Morgan fingerprint density at radius 3 is 2.70 bits per heavy atom. The van der Waals surface area contributed by atoms with Crippen LogP contribution in [0.3, 0.4) is 0 Å². The van der Waals surface area contributed by atoms with E-state index in [1.54, 1.807) is 0 Å². The van der Waals surface area contributed by atoms with E-state index in [-0.39, 0.29) is 0 Å². The summed E-state index contributed by atoms with van der Waals surface area (Å²) in [5.74, 6) is 0. The van der Waals surface area contributed by atoms with Crippen LogP contribution in [-0.2, 0) is 0 Å². The van der Waals surface area contributed by atoms with Crippen molar-refractivity contribution in [1.29, 1.82) is 0 Å². The standard InChI is InChI=1S/C16H22N4/c1-2-6-11-20(10-5-1)12-9-17-16-13-18-19-15-8-4-3-7-14(15)16/h3-4,7-8,13H,1-2,5-6,9-12H2,(H,17,19). The second-order valence-corrected chi connectivity index (χ2v) is 5.46. The molecule has 1 aromatic carbocycles. The summed E-state index contributed by atoms with van der Waals surface area (Å²) in [6.45, 7) is 4.57. The van der Waals surface area contributed by atoms with Crippen molar-refractivity contribution in [3.05, 3.63) is 30.5 Å². The van der Waals surface area contributed by atoms with Crippen molar-refractivity contribution in [1.82, 2.24) is 15.1 Å². The molecular formula is C16H22N4. The van der Waals surface area contributed by atoms with E-state index in [0.29, 0.717) is 0 Å². The molecule has 1 aliphatic rings. The Morgan fingerprint density at radius 1 is 1.05 bits per heavy atom. The molecule has 2 aromatic rings. The van der Waals surface area contributed by atoms with Gasteiger partial charge in [0.1, 0.15) is 0 Å². The quantitative estimate of drug-likeness (QED) is 0.927.